The molecule has 0 fully saturated rings. The van der Waals surface area contributed by atoms with Crippen molar-refractivity contribution in [3.05, 3.63) is 65.9 Å². The van der Waals surface area contributed by atoms with Crippen molar-refractivity contribution in [3.8, 4) is 34.3 Å². The quantitative estimate of drug-likeness (QED) is 0.671. The van der Waals surface area contributed by atoms with Crippen LogP contribution in [0.1, 0.15) is 16.1 Å². The van der Waals surface area contributed by atoms with Crippen molar-refractivity contribution in [2.24, 2.45) is 0 Å². The molecule has 0 aliphatic carbocycles. The normalized spacial score (nSPS) is 10.3. The second kappa shape index (κ2) is 7.78. The van der Waals surface area contributed by atoms with Crippen molar-refractivity contribution < 1.29 is 24.1 Å². The van der Waals surface area contributed by atoms with Gasteiger partial charge >= 0.3 is 0 Å². The van der Waals surface area contributed by atoms with Gasteiger partial charge in [0.1, 0.15) is 11.4 Å². The Bertz CT molecular complexity index is 942. The van der Waals surface area contributed by atoms with E-state index in [1.165, 1.54) is 21.3 Å². The molecule has 0 saturated carbocycles. The van der Waals surface area contributed by atoms with E-state index in [1.807, 2.05) is 0 Å². The van der Waals surface area contributed by atoms with E-state index in [0.29, 0.717) is 28.5 Å². The number of aromatic nitrogens is 1. The summed E-state index contributed by atoms with van der Waals surface area (Å²) in [7, 11) is 4.50. The molecule has 0 amide bonds. The summed E-state index contributed by atoms with van der Waals surface area (Å²) in [6.07, 6.45) is 0. The molecular weight excluding hydrogens is 346 g/mol. The molecule has 0 atom stereocenters. The van der Waals surface area contributed by atoms with Crippen molar-refractivity contribution in [1.29, 1.82) is 0 Å². The molecule has 0 unspecified atom stereocenters. The molecule has 0 radical (unpaired) electrons. The lowest BCUT2D eigenvalue weighted by atomic mass is 10.0. The molecule has 2 aromatic carbocycles. The summed E-state index contributed by atoms with van der Waals surface area (Å²) in [4.78, 5) is 17.4. The number of nitrogens with zero attached hydrogens (tertiary/aromatic N) is 1. The zero-order chi connectivity index (χ0) is 19.4. The first kappa shape index (κ1) is 18.3. The third-order valence-electron chi connectivity index (χ3n) is 4.07. The van der Waals surface area contributed by atoms with Crippen LogP contribution in [-0.2, 0) is 0 Å². The number of aromatic hydroxyl groups is 1. The van der Waals surface area contributed by atoms with E-state index in [1.54, 1.807) is 54.6 Å². The van der Waals surface area contributed by atoms with E-state index in [2.05, 4.69) is 4.98 Å². The van der Waals surface area contributed by atoms with Gasteiger partial charge in [-0.1, -0.05) is 6.07 Å². The van der Waals surface area contributed by atoms with Crippen molar-refractivity contribution in [2.45, 2.75) is 0 Å². The van der Waals surface area contributed by atoms with E-state index in [0.717, 1.165) is 5.56 Å². The van der Waals surface area contributed by atoms with Crippen molar-refractivity contribution in [3.63, 3.8) is 0 Å². The second-order valence-corrected chi connectivity index (χ2v) is 5.70. The summed E-state index contributed by atoms with van der Waals surface area (Å²) >= 11 is 0. The molecule has 6 heteroatoms. The van der Waals surface area contributed by atoms with Gasteiger partial charge in [0.25, 0.3) is 0 Å². The molecule has 3 rings (SSSR count). The molecule has 0 aliphatic heterocycles. The summed E-state index contributed by atoms with van der Waals surface area (Å²) in [6, 6.07) is 15.0. The number of carbonyl (C=O) groups excluding carboxylic acids is 1. The maximum absolute atomic E-state index is 13.0. The topological polar surface area (TPSA) is 77.9 Å². The number of ketones is 1. The first-order valence-electron chi connectivity index (χ1n) is 8.18. The third kappa shape index (κ3) is 3.69. The minimum absolute atomic E-state index is 0.170. The van der Waals surface area contributed by atoms with Crippen LogP contribution < -0.4 is 14.2 Å². The maximum atomic E-state index is 13.0. The predicted octanol–water partition coefficient (Wildman–Crippen LogP) is 3.71. The molecule has 1 heterocycles. The zero-order valence-corrected chi connectivity index (χ0v) is 15.2. The molecule has 0 spiro atoms. The Balaban J connectivity index is 2.01. The van der Waals surface area contributed by atoms with Crippen LogP contribution in [0, 0.1) is 0 Å². The number of hydrogen-bond acceptors (Lipinski definition) is 6. The Labute approximate surface area is 157 Å². The number of carbonyl (C=O) groups is 1. The van der Waals surface area contributed by atoms with Crippen LogP contribution in [0.3, 0.4) is 0 Å². The molecule has 1 N–H and O–H groups in total. The first-order valence-corrected chi connectivity index (χ1v) is 8.18. The number of benzene rings is 2. The molecule has 6 nitrogen and oxygen atoms in total. The van der Waals surface area contributed by atoms with Crippen molar-refractivity contribution in [1.82, 2.24) is 4.98 Å². The molecule has 1 aromatic heterocycles. The Morgan fingerprint density at radius 1 is 0.889 bits per heavy atom. The summed E-state index contributed by atoms with van der Waals surface area (Å²) in [5.74, 6) is 1.12. The van der Waals surface area contributed by atoms with E-state index in [9.17, 15) is 9.90 Å². The minimum Gasteiger partial charge on any atom is -0.508 e. The summed E-state index contributed by atoms with van der Waals surface area (Å²) in [5, 5.41) is 9.43. The first-order chi connectivity index (χ1) is 13.1. The van der Waals surface area contributed by atoms with Gasteiger partial charge in [-0.15, -0.1) is 0 Å². The van der Waals surface area contributed by atoms with Gasteiger partial charge in [-0.3, -0.25) is 4.79 Å². The number of hydrogen-bond donors (Lipinski definition) is 1. The highest BCUT2D eigenvalue weighted by molar-refractivity contribution is 6.08. The summed E-state index contributed by atoms with van der Waals surface area (Å²) < 4.78 is 15.9. The average Bonchev–Trinajstić information content (AvgIpc) is 2.72. The van der Waals surface area contributed by atoms with Crippen LogP contribution in [0.15, 0.2) is 54.6 Å². The van der Waals surface area contributed by atoms with Gasteiger partial charge in [0.15, 0.2) is 11.5 Å². The monoisotopic (exact) mass is 365 g/mol. The van der Waals surface area contributed by atoms with E-state index < -0.39 is 0 Å². The molecular formula is C21H19NO5. The number of methoxy groups -OCH3 is 3. The Hall–Kier alpha value is -3.54. The van der Waals surface area contributed by atoms with Gasteiger partial charge in [0.05, 0.1) is 27.0 Å². The van der Waals surface area contributed by atoms with E-state index in [-0.39, 0.29) is 17.2 Å². The van der Waals surface area contributed by atoms with Crippen LogP contribution >= 0.6 is 0 Å². The largest absolute Gasteiger partial charge is 0.508 e. The smallest absolute Gasteiger partial charge is 0.211 e. The van der Waals surface area contributed by atoms with Crippen molar-refractivity contribution >= 4 is 5.78 Å². The van der Waals surface area contributed by atoms with Crippen molar-refractivity contribution in [2.75, 3.05) is 21.3 Å². The Morgan fingerprint density at radius 2 is 1.52 bits per heavy atom. The molecule has 0 saturated heterocycles. The highest BCUT2D eigenvalue weighted by Crippen LogP contribution is 2.38. The average molecular weight is 365 g/mol. The lowest BCUT2D eigenvalue weighted by Gasteiger charge is -2.13. The van der Waals surface area contributed by atoms with Crippen LogP contribution in [0.2, 0.25) is 0 Å². The highest BCUT2D eigenvalue weighted by Gasteiger charge is 2.19. The summed E-state index contributed by atoms with van der Waals surface area (Å²) in [6.45, 7) is 0. The third-order valence-corrected chi connectivity index (χ3v) is 4.07. The predicted molar refractivity (Wildman–Crippen MR) is 101 cm³/mol. The van der Waals surface area contributed by atoms with Gasteiger partial charge in [0.2, 0.25) is 11.5 Å². The maximum Gasteiger partial charge on any atom is 0.211 e. The Kier molecular flexibility index (Phi) is 5.26. The van der Waals surface area contributed by atoms with Gasteiger partial charge in [-0.25, -0.2) is 4.98 Å². The second-order valence-electron chi connectivity index (χ2n) is 5.70. The zero-order valence-electron chi connectivity index (χ0n) is 15.2. The molecule has 138 valence electrons. The number of phenolic OH excluding ortho intramolecular Hbond substituents is 1. The summed E-state index contributed by atoms with van der Waals surface area (Å²) in [5.41, 5.74) is 2.09. The number of phenols is 1. The molecule has 0 bridgehead atoms. The highest BCUT2D eigenvalue weighted by atomic mass is 16.5. The molecule has 27 heavy (non-hydrogen) atoms. The van der Waals surface area contributed by atoms with Gasteiger partial charge < -0.3 is 19.3 Å². The lowest BCUT2D eigenvalue weighted by Crippen LogP contribution is -2.06. The lowest BCUT2D eigenvalue weighted by molar-refractivity contribution is 0.103. The van der Waals surface area contributed by atoms with Crippen LogP contribution in [-0.4, -0.2) is 37.2 Å². The fourth-order valence-electron chi connectivity index (χ4n) is 2.71. The Morgan fingerprint density at radius 3 is 2.07 bits per heavy atom. The number of pyridine rings is 1. The minimum atomic E-state index is -0.269. The number of ether oxygens (including phenoxy) is 3. The van der Waals surface area contributed by atoms with Crippen LogP contribution in [0.25, 0.3) is 11.3 Å². The van der Waals surface area contributed by atoms with Gasteiger partial charge in [-0.05, 0) is 48.5 Å². The molecule has 3 aromatic rings. The molecule has 0 aliphatic rings. The van der Waals surface area contributed by atoms with E-state index >= 15 is 0 Å². The fourth-order valence-corrected chi connectivity index (χ4v) is 2.71. The van der Waals surface area contributed by atoms with Crippen LogP contribution in [0.5, 0.6) is 23.0 Å². The van der Waals surface area contributed by atoms with E-state index in [4.69, 9.17) is 14.2 Å². The standard InChI is InChI=1S/C21H19NO5/c1-25-18-11-14(12-19(26-2)21(18)27-3)20(24)17-6-4-5-16(22-17)13-7-9-15(23)10-8-13/h4-12,23H,1-3H3. The van der Waals surface area contributed by atoms with Gasteiger partial charge in [0, 0.05) is 11.1 Å². The SMILES string of the molecule is COc1cc(C(=O)c2cccc(-c3ccc(O)cc3)n2)cc(OC)c1OC. The fraction of sp³-hybridized carbons (Fsp3) is 0.143. The van der Waals surface area contributed by atoms with Gasteiger partial charge in [-0.2, -0.15) is 0 Å². The van der Waals surface area contributed by atoms with Crippen LogP contribution in [0.4, 0.5) is 0 Å². The number of rotatable bonds is 6.